The third-order valence-corrected chi connectivity index (χ3v) is 2.83. The molecule has 0 aliphatic carbocycles. The molecule has 1 heterocycles. The van der Waals surface area contributed by atoms with E-state index in [1.54, 1.807) is 12.1 Å². The predicted octanol–water partition coefficient (Wildman–Crippen LogP) is 3.32. The zero-order valence-electron chi connectivity index (χ0n) is 9.23. The zero-order chi connectivity index (χ0) is 12.6. The second-order valence-corrected chi connectivity index (χ2v) is 4.37. The van der Waals surface area contributed by atoms with Gasteiger partial charge in [0.25, 0.3) is 0 Å². The second-order valence-electron chi connectivity index (χ2n) is 3.45. The Hall–Kier alpha value is -1.69. The average molecular weight is 300 g/mol. The van der Waals surface area contributed by atoms with Crippen LogP contribution in [0, 0.1) is 0 Å². The van der Waals surface area contributed by atoms with Crippen molar-refractivity contribution < 1.29 is 19.1 Å². The number of anilines is 1. The highest BCUT2D eigenvalue weighted by Crippen LogP contribution is 2.35. The Morgan fingerprint density at radius 3 is 2.76 bits per heavy atom. The highest BCUT2D eigenvalue weighted by molar-refractivity contribution is 9.10. The normalized spacial score (nSPS) is 10.5. The molecule has 0 saturated carbocycles. The molecule has 0 atom stereocenters. The maximum atomic E-state index is 10.8. The lowest BCUT2D eigenvalue weighted by molar-refractivity contribution is 0.202. The smallest absolute Gasteiger partial charge is 0.413 e. The predicted molar refractivity (Wildman–Crippen MR) is 66.9 cm³/mol. The highest BCUT2D eigenvalue weighted by atomic mass is 79.9. The third kappa shape index (κ3) is 2.08. The van der Waals surface area contributed by atoms with E-state index >= 15 is 0 Å². The molecule has 1 amide bonds. The van der Waals surface area contributed by atoms with E-state index in [1.165, 1.54) is 14.2 Å². The zero-order valence-corrected chi connectivity index (χ0v) is 10.8. The van der Waals surface area contributed by atoms with E-state index in [4.69, 9.17) is 14.3 Å². The fourth-order valence-corrected chi connectivity index (χ4v) is 1.94. The number of furan rings is 1. The van der Waals surface area contributed by atoms with Gasteiger partial charge in [-0.3, -0.25) is 4.90 Å². The molecule has 0 aliphatic heterocycles. The first-order valence-electron chi connectivity index (χ1n) is 4.76. The highest BCUT2D eigenvalue weighted by Gasteiger charge is 2.16. The number of hydrogen-bond donors (Lipinski definition) is 1. The van der Waals surface area contributed by atoms with Crippen LogP contribution in [0.1, 0.15) is 0 Å². The van der Waals surface area contributed by atoms with Crippen molar-refractivity contribution in [2.24, 2.45) is 0 Å². The van der Waals surface area contributed by atoms with Gasteiger partial charge >= 0.3 is 6.09 Å². The fraction of sp³-hybridized carbons (Fsp3) is 0.182. The number of rotatable bonds is 2. The summed E-state index contributed by atoms with van der Waals surface area (Å²) in [6, 6.07) is 5.24. The van der Waals surface area contributed by atoms with Crippen LogP contribution in [0.3, 0.4) is 0 Å². The molecule has 17 heavy (non-hydrogen) atoms. The van der Waals surface area contributed by atoms with Gasteiger partial charge in [-0.25, -0.2) is 4.79 Å². The molecule has 2 rings (SSSR count). The van der Waals surface area contributed by atoms with Crippen molar-refractivity contribution in [2.45, 2.75) is 0 Å². The Labute approximate surface area is 106 Å². The van der Waals surface area contributed by atoms with Gasteiger partial charge in [-0.05, 0) is 12.1 Å². The van der Waals surface area contributed by atoms with Gasteiger partial charge in [0.05, 0.1) is 7.11 Å². The Balaban J connectivity index is 2.60. The molecule has 0 unspecified atom stereocenters. The van der Waals surface area contributed by atoms with Crippen LogP contribution in [-0.4, -0.2) is 25.4 Å². The van der Waals surface area contributed by atoms with Crippen molar-refractivity contribution in [1.82, 2.24) is 0 Å². The van der Waals surface area contributed by atoms with Gasteiger partial charge in [-0.2, -0.15) is 0 Å². The van der Waals surface area contributed by atoms with E-state index in [2.05, 4.69) is 15.9 Å². The summed E-state index contributed by atoms with van der Waals surface area (Å²) >= 11 is 3.35. The molecule has 90 valence electrons. The molecule has 5 nitrogen and oxygen atoms in total. The van der Waals surface area contributed by atoms with E-state index in [-0.39, 0.29) is 5.88 Å². The lowest BCUT2D eigenvalue weighted by Crippen LogP contribution is -2.22. The van der Waals surface area contributed by atoms with Crippen molar-refractivity contribution in [1.29, 1.82) is 0 Å². The van der Waals surface area contributed by atoms with Crippen LogP contribution in [0.2, 0.25) is 0 Å². The Morgan fingerprint density at radius 2 is 2.18 bits per heavy atom. The minimum absolute atomic E-state index is 0.254. The lowest BCUT2D eigenvalue weighted by Gasteiger charge is -2.07. The summed E-state index contributed by atoms with van der Waals surface area (Å²) < 4.78 is 11.5. The summed E-state index contributed by atoms with van der Waals surface area (Å²) in [7, 11) is 2.95. The minimum Gasteiger partial charge on any atom is -0.493 e. The van der Waals surface area contributed by atoms with Crippen molar-refractivity contribution in [3.63, 3.8) is 0 Å². The van der Waals surface area contributed by atoms with Crippen LogP contribution < -0.4 is 9.64 Å². The summed E-state index contributed by atoms with van der Waals surface area (Å²) in [5.74, 6) is 0.809. The number of fused-ring (bicyclic) bond motifs is 1. The molecule has 0 saturated heterocycles. The van der Waals surface area contributed by atoms with Gasteiger partial charge in [-0.1, -0.05) is 15.9 Å². The van der Waals surface area contributed by atoms with E-state index in [1.807, 2.05) is 6.07 Å². The summed E-state index contributed by atoms with van der Waals surface area (Å²) in [5.41, 5.74) is 0.527. The molecular weight excluding hydrogens is 290 g/mol. The molecular formula is C11H10BrNO4. The van der Waals surface area contributed by atoms with Gasteiger partial charge < -0.3 is 14.3 Å². The molecule has 1 aromatic heterocycles. The number of halogens is 1. The minimum atomic E-state index is -1.08. The number of nitrogens with zero attached hydrogens (tertiary/aromatic N) is 1. The first kappa shape index (κ1) is 11.8. The molecule has 0 aliphatic rings. The van der Waals surface area contributed by atoms with Gasteiger partial charge in [0, 0.05) is 23.0 Å². The van der Waals surface area contributed by atoms with Crippen molar-refractivity contribution in [3.05, 3.63) is 22.7 Å². The molecule has 0 spiro atoms. The summed E-state index contributed by atoms with van der Waals surface area (Å²) in [4.78, 5) is 11.8. The van der Waals surface area contributed by atoms with Crippen LogP contribution in [0.25, 0.3) is 11.0 Å². The first-order valence-corrected chi connectivity index (χ1v) is 5.56. The van der Waals surface area contributed by atoms with E-state index < -0.39 is 6.09 Å². The lowest BCUT2D eigenvalue weighted by atomic mass is 10.2. The summed E-state index contributed by atoms with van der Waals surface area (Å²) in [6.07, 6.45) is -1.08. The Morgan fingerprint density at radius 1 is 1.47 bits per heavy atom. The van der Waals surface area contributed by atoms with E-state index in [0.29, 0.717) is 11.3 Å². The third-order valence-electron chi connectivity index (χ3n) is 2.37. The summed E-state index contributed by atoms with van der Waals surface area (Å²) in [5, 5.41) is 9.64. The molecule has 6 heteroatoms. The largest absolute Gasteiger partial charge is 0.493 e. The van der Waals surface area contributed by atoms with E-state index in [9.17, 15) is 4.79 Å². The maximum absolute atomic E-state index is 10.8. The van der Waals surface area contributed by atoms with E-state index in [0.717, 1.165) is 14.8 Å². The van der Waals surface area contributed by atoms with Crippen molar-refractivity contribution >= 4 is 38.9 Å². The van der Waals surface area contributed by atoms with Crippen LogP contribution in [-0.2, 0) is 0 Å². The van der Waals surface area contributed by atoms with Gasteiger partial charge in [-0.15, -0.1) is 0 Å². The monoisotopic (exact) mass is 299 g/mol. The summed E-state index contributed by atoms with van der Waals surface area (Å²) in [6.45, 7) is 0. The number of hydrogen-bond acceptors (Lipinski definition) is 3. The average Bonchev–Trinajstić information content (AvgIpc) is 2.69. The maximum Gasteiger partial charge on any atom is 0.413 e. The fourth-order valence-electron chi connectivity index (χ4n) is 1.48. The SMILES string of the molecule is COc1cc(Br)cc2cc(N(C)C(=O)O)oc12. The molecule has 1 N–H and O–H groups in total. The molecule has 1 aromatic carbocycles. The number of carboxylic acid groups (broad SMARTS) is 1. The van der Waals surface area contributed by atoms with Crippen LogP contribution in [0.4, 0.5) is 10.7 Å². The first-order chi connectivity index (χ1) is 8.02. The van der Waals surface area contributed by atoms with Gasteiger partial charge in [0.2, 0.25) is 5.88 Å². The number of benzene rings is 1. The number of carbonyl (C=O) groups is 1. The quantitative estimate of drug-likeness (QED) is 0.924. The molecule has 0 radical (unpaired) electrons. The van der Waals surface area contributed by atoms with Crippen LogP contribution >= 0.6 is 15.9 Å². The molecule has 2 aromatic rings. The van der Waals surface area contributed by atoms with Crippen LogP contribution in [0.5, 0.6) is 5.75 Å². The topological polar surface area (TPSA) is 62.9 Å². The van der Waals surface area contributed by atoms with Crippen LogP contribution in [0.15, 0.2) is 27.1 Å². The Kier molecular flexibility index (Phi) is 2.97. The molecule has 0 fully saturated rings. The van der Waals surface area contributed by atoms with Crippen molar-refractivity contribution in [3.8, 4) is 5.75 Å². The molecule has 0 bridgehead atoms. The number of amides is 1. The van der Waals surface area contributed by atoms with Gasteiger partial charge in [0.15, 0.2) is 11.3 Å². The van der Waals surface area contributed by atoms with Gasteiger partial charge in [0.1, 0.15) is 0 Å². The number of ether oxygens (including phenoxy) is 1. The standard InChI is InChI=1S/C11H10BrNO4/c1-13(11(14)15)9-4-6-3-7(12)5-8(16-2)10(6)17-9/h3-5H,1-2H3,(H,14,15). The Bertz CT molecular complexity index is 578. The second kappa shape index (κ2) is 4.29. The van der Waals surface area contributed by atoms with Crippen molar-refractivity contribution in [2.75, 3.05) is 19.1 Å². The number of methoxy groups -OCH3 is 1.